The summed E-state index contributed by atoms with van der Waals surface area (Å²) in [6, 6.07) is 3.73. The second-order valence-electron chi connectivity index (χ2n) is 2.40. The summed E-state index contributed by atoms with van der Waals surface area (Å²) in [5.41, 5.74) is 0.817. The minimum atomic E-state index is 0.817. The van der Waals surface area contributed by atoms with Gasteiger partial charge in [-0.2, -0.15) is 0 Å². The summed E-state index contributed by atoms with van der Waals surface area (Å²) < 4.78 is 0. The van der Waals surface area contributed by atoms with Crippen molar-refractivity contribution in [3.63, 3.8) is 0 Å². The van der Waals surface area contributed by atoms with Gasteiger partial charge in [0, 0.05) is 20.3 Å². The Labute approximate surface area is 66.4 Å². The molecule has 0 saturated heterocycles. The van der Waals surface area contributed by atoms with Gasteiger partial charge in [-0.3, -0.25) is 4.99 Å². The molecule has 0 aliphatic carbocycles. The van der Waals surface area contributed by atoms with Gasteiger partial charge in [0.05, 0.1) is 0 Å². The highest BCUT2D eigenvalue weighted by Crippen LogP contribution is 2.22. The maximum Gasteiger partial charge on any atom is 0.153 e. The van der Waals surface area contributed by atoms with E-state index < -0.39 is 0 Å². The van der Waals surface area contributed by atoms with Gasteiger partial charge in [-0.05, 0) is 18.9 Å². The lowest BCUT2D eigenvalue weighted by atomic mass is 10.4. The van der Waals surface area contributed by atoms with Gasteiger partial charge in [0.15, 0.2) is 5.82 Å². The summed E-state index contributed by atoms with van der Waals surface area (Å²) in [4.78, 5) is 9.89. The average Bonchev–Trinajstić information content (AvgIpc) is 2.04. The van der Waals surface area contributed by atoms with Crippen molar-refractivity contribution in [3.05, 3.63) is 18.3 Å². The van der Waals surface area contributed by atoms with E-state index in [9.17, 15) is 0 Å². The molecule has 0 saturated carbocycles. The summed E-state index contributed by atoms with van der Waals surface area (Å²) in [5.74, 6) is 0.850. The van der Waals surface area contributed by atoms with Crippen LogP contribution in [0.3, 0.4) is 0 Å². The molecule has 0 unspecified atom stereocenters. The van der Waals surface area contributed by atoms with E-state index in [0.29, 0.717) is 0 Å². The molecule has 0 N–H and O–H groups in total. The predicted molar refractivity (Wildman–Crippen MR) is 47.8 cm³/mol. The van der Waals surface area contributed by atoms with Gasteiger partial charge in [-0.15, -0.1) is 0 Å². The van der Waals surface area contributed by atoms with Crippen LogP contribution in [0.15, 0.2) is 23.3 Å². The molecule has 0 fully saturated rings. The molecule has 0 radical (unpaired) electrons. The zero-order valence-corrected chi connectivity index (χ0v) is 6.78. The first-order chi connectivity index (χ1) is 5.25. The van der Waals surface area contributed by atoms with Crippen LogP contribution in [0.2, 0.25) is 0 Å². The molecule has 11 heavy (non-hydrogen) atoms. The first kappa shape index (κ1) is 7.72. The van der Waals surface area contributed by atoms with Crippen LogP contribution in [0, 0.1) is 0 Å². The summed E-state index contributed by atoms with van der Waals surface area (Å²) in [5, 5.41) is 0. The third-order valence-corrected chi connectivity index (χ3v) is 1.36. The quantitative estimate of drug-likeness (QED) is 0.596. The largest absolute Gasteiger partial charge is 0.361 e. The molecule has 1 heterocycles. The molecule has 0 aliphatic rings. The molecule has 58 valence electrons. The van der Waals surface area contributed by atoms with Gasteiger partial charge >= 0.3 is 0 Å². The number of hydrogen-bond donors (Lipinski definition) is 0. The number of rotatable bonds is 2. The van der Waals surface area contributed by atoms with E-state index in [4.69, 9.17) is 0 Å². The first-order valence-corrected chi connectivity index (χ1v) is 3.35. The van der Waals surface area contributed by atoms with E-state index in [0.717, 1.165) is 11.5 Å². The van der Waals surface area contributed by atoms with Crippen molar-refractivity contribution in [1.29, 1.82) is 0 Å². The van der Waals surface area contributed by atoms with E-state index in [1.807, 2.05) is 31.1 Å². The number of hydrogen-bond acceptors (Lipinski definition) is 3. The van der Waals surface area contributed by atoms with Crippen molar-refractivity contribution in [2.45, 2.75) is 0 Å². The fraction of sp³-hybridized carbons (Fsp3) is 0.250. The van der Waals surface area contributed by atoms with Gasteiger partial charge in [0.1, 0.15) is 5.69 Å². The minimum absolute atomic E-state index is 0.817. The van der Waals surface area contributed by atoms with Crippen LogP contribution in [0.4, 0.5) is 11.5 Å². The van der Waals surface area contributed by atoms with Crippen LogP contribution >= 0.6 is 0 Å². The van der Waals surface area contributed by atoms with Gasteiger partial charge in [0.25, 0.3) is 0 Å². The van der Waals surface area contributed by atoms with Gasteiger partial charge in [-0.25, -0.2) is 4.98 Å². The second kappa shape index (κ2) is 3.14. The van der Waals surface area contributed by atoms with Crippen molar-refractivity contribution < 1.29 is 0 Å². The van der Waals surface area contributed by atoms with Gasteiger partial charge < -0.3 is 4.90 Å². The molecule has 1 rings (SSSR count). The van der Waals surface area contributed by atoms with Crippen LogP contribution in [-0.4, -0.2) is 25.8 Å². The Morgan fingerprint density at radius 3 is 2.73 bits per heavy atom. The molecule has 1 aromatic heterocycles. The maximum absolute atomic E-state index is 4.14. The Morgan fingerprint density at radius 2 is 2.27 bits per heavy atom. The lowest BCUT2D eigenvalue weighted by Gasteiger charge is -2.12. The highest BCUT2D eigenvalue weighted by molar-refractivity contribution is 5.63. The number of anilines is 1. The van der Waals surface area contributed by atoms with Crippen molar-refractivity contribution in [3.8, 4) is 0 Å². The van der Waals surface area contributed by atoms with Crippen LogP contribution in [0.25, 0.3) is 0 Å². The van der Waals surface area contributed by atoms with Crippen LogP contribution in [0.1, 0.15) is 0 Å². The Bertz CT molecular complexity index is 255. The fourth-order valence-corrected chi connectivity index (χ4v) is 0.856. The van der Waals surface area contributed by atoms with Crippen LogP contribution in [0.5, 0.6) is 0 Å². The third kappa shape index (κ3) is 1.55. The minimum Gasteiger partial charge on any atom is -0.361 e. The molecule has 0 bridgehead atoms. The Kier molecular flexibility index (Phi) is 2.21. The zero-order chi connectivity index (χ0) is 8.27. The monoisotopic (exact) mass is 149 g/mol. The molecule has 0 aliphatic heterocycles. The average molecular weight is 149 g/mol. The lowest BCUT2D eigenvalue weighted by Crippen LogP contribution is -2.10. The van der Waals surface area contributed by atoms with Gasteiger partial charge in [-0.1, -0.05) is 0 Å². The molecule has 0 aromatic carbocycles. The summed E-state index contributed by atoms with van der Waals surface area (Å²) in [6.45, 7) is 3.46. The second-order valence-corrected chi connectivity index (χ2v) is 2.40. The van der Waals surface area contributed by atoms with Gasteiger partial charge in [0.2, 0.25) is 0 Å². The molecule has 3 nitrogen and oxygen atoms in total. The molecular weight excluding hydrogens is 138 g/mol. The fourth-order valence-electron chi connectivity index (χ4n) is 0.856. The van der Waals surface area contributed by atoms with Crippen molar-refractivity contribution in [2.75, 3.05) is 19.0 Å². The van der Waals surface area contributed by atoms with Crippen molar-refractivity contribution in [2.24, 2.45) is 4.99 Å². The third-order valence-electron chi connectivity index (χ3n) is 1.36. The SMILES string of the molecule is C=Nc1cccnc1N(C)C. The van der Waals surface area contributed by atoms with E-state index in [1.165, 1.54) is 0 Å². The Balaban J connectivity index is 3.12. The summed E-state index contributed by atoms with van der Waals surface area (Å²) in [7, 11) is 3.86. The van der Waals surface area contributed by atoms with Crippen LogP contribution < -0.4 is 4.90 Å². The topological polar surface area (TPSA) is 28.5 Å². The molecule has 3 heteroatoms. The molecule has 0 atom stereocenters. The molecule has 0 amide bonds. The number of pyridine rings is 1. The number of aliphatic imine (C=N–C) groups is 1. The highest BCUT2D eigenvalue weighted by Gasteiger charge is 2.00. The Morgan fingerprint density at radius 1 is 1.55 bits per heavy atom. The molecule has 1 aromatic rings. The Hall–Kier alpha value is -1.38. The summed E-state index contributed by atoms with van der Waals surface area (Å²) >= 11 is 0. The van der Waals surface area contributed by atoms with E-state index >= 15 is 0 Å². The van der Waals surface area contributed by atoms with Crippen molar-refractivity contribution in [1.82, 2.24) is 4.98 Å². The first-order valence-electron chi connectivity index (χ1n) is 3.35. The molecular formula is C8H11N3. The lowest BCUT2D eigenvalue weighted by molar-refractivity contribution is 1.07. The number of aromatic nitrogens is 1. The van der Waals surface area contributed by atoms with Crippen LogP contribution in [-0.2, 0) is 0 Å². The molecule has 0 spiro atoms. The maximum atomic E-state index is 4.14. The normalized spacial score (nSPS) is 9.27. The zero-order valence-electron chi connectivity index (χ0n) is 6.78. The highest BCUT2D eigenvalue weighted by atomic mass is 15.1. The van der Waals surface area contributed by atoms with E-state index in [-0.39, 0.29) is 0 Å². The smallest absolute Gasteiger partial charge is 0.153 e. The van der Waals surface area contributed by atoms with Crippen molar-refractivity contribution >= 4 is 18.2 Å². The van der Waals surface area contributed by atoms with E-state index in [1.54, 1.807) is 6.20 Å². The predicted octanol–water partition coefficient (Wildman–Crippen LogP) is 1.48. The standard InChI is InChI=1S/C8H11N3/c1-9-7-5-4-6-10-8(7)11(2)3/h4-6H,1H2,2-3H3. The summed E-state index contributed by atoms with van der Waals surface area (Å²) in [6.07, 6.45) is 1.74. The number of nitrogens with zero attached hydrogens (tertiary/aromatic N) is 3. The van der Waals surface area contributed by atoms with E-state index in [2.05, 4.69) is 16.7 Å².